The zero-order valence-corrected chi connectivity index (χ0v) is 47.7. The monoisotopic (exact) mass is 1180 g/mol. The number of rotatable bonds is 20. The molecule has 4 aliphatic rings. The minimum Gasteiger partial charge on any atom is -0.376 e. The summed E-state index contributed by atoms with van der Waals surface area (Å²) in [7, 11) is -6.94. The molecule has 7 amide bonds. The number of aromatic amines is 1. The van der Waals surface area contributed by atoms with Gasteiger partial charge < -0.3 is 46.0 Å². The summed E-state index contributed by atoms with van der Waals surface area (Å²) >= 11 is 0. The highest BCUT2D eigenvalue weighted by Gasteiger charge is 2.46. The van der Waals surface area contributed by atoms with Gasteiger partial charge in [-0.15, -0.1) is 0 Å². The molecule has 3 aliphatic heterocycles. The van der Waals surface area contributed by atoms with Crippen LogP contribution in [0.3, 0.4) is 0 Å². The van der Waals surface area contributed by atoms with Crippen molar-refractivity contribution < 1.29 is 66.2 Å². The highest BCUT2D eigenvalue weighted by atomic mass is 32.2. The molecule has 83 heavy (non-hydrogen) atoms. The number of benzene rings is 3. The lowest BCUT2D eigenvalue weighted by Crippen LogP contribution is -2.62. The summed E-state index contributed by atoms with van der Waals surface area (Å²) < 4.78 is 39.4. The number of carbonyl (C=O) groups is 8. The van der Waals surface area contributed by atoms with Gasteiger partial charge in [-0.2, -0.15) is 0 Å². The van der Waals surface area contributed by atoms with Gasteiger partial charge in [-0.1, -0.05) is 25.1 Å². The topological polar surface area (TPSA) is 372 Å². The van der Waals surface area contributed by atoms with Gasteiger partial charge in [0.1, 0.15) is 30.0 Å². The van der Waals surface area contributed by atoms with E-state index in [-0.39, 0.29) is 115 Å². The van der Waals surface area contributed by atoms with Gasteiger partial charge in [0, 0.05) is 68.5 Å². The van der Waals surface area contributed by atoms with Crippen molar-refractivity contribution >= 4 is 86.2 Å². The van der Waals surface area contributed by atoms with E-state index in [2.05, 4.69) is 26.3 Å². The number of aliphatic hydroxyl groups excluding tert-OH is 1. The van der Waals surface area contributed by atoms with Crippen LogP contribution < -0.4 is 32.7 Å². The Kier molecular flexibility index (Phi) is 18.0. The number of nitrogens with zero attached hydrogens (tertiary/aromatic N) is 4. The Morgan fingerprint density at radius 3 is 2.25 bits per heavy atom. The highest BCUT2D eigenvalue weighted by Crippen LogP contribution is 2.40. The van der Waals surface area contributed by atoms with E-state index < -0.39 is 88.9 Å². The Labute approximate surface area is 477 Å². The van der Waals surface area contributed by atoms with Crippen molar-refractivity contribution in [3.05, 3.63) is 99.6 Å². The van der Waals surface area contributed by atoms with Crippen LogP contribution in [0.2, 0.25) is 0 Å². The van der Waals surface area contributed by atoms with Gasteiger partial charge in [-0.3, -0.25) is 62.7 Å². The third-order valence-corrected chi connectivity index (χ3v) is 19.3. The predicted octanol–water partition coefficient (Wildman–Crippen LogP) is 1.90. The number of imidazole rings is 1. The number of amides is 7. The van der Waals surface area contributed by atoms with Gasteiger partial charge >= 0.3 is 13.3 Å². The Hall–Kier alpha value is -7.35. The van der Waals surface area contributed by atoms with E-state index in [4.69, 9.17) is 5.73 Å². The first-order valence-corrected chi connectivity index (χ1v) is 31.1. The summed E-state index contributed by atoms with van der Waals surface area (Å²) in [5.74, 6) is -3.67. The van der Waals surface area contributed by atoms with E-state index in [1.807, 2.05) is 18.2 Å². The third kappa shape index (κ3) is 13.5. The van der Waals surface area contributed by atoms with Crippen molar-refractivity contribution in [1.29, 1.82) is 0 Å². The van der Waals surface area contributed by atoms with E-state index in [0.29, 0.717) is 35.0 Å². The zero-order valence-electron chi connectivity index (χ0n) is 46.0. The first-order chi connectivity index (χ1) is 39.4. The summed E-state index contributed by atoms with van der Waals surface area (Å²) in [5.41, 5.74) is 6.60. The molecule has 10 N–H and O–H groups in total. The summed E-state index contributed by atoms with van der Waals surface area (Å²) in [6.07, 6.45) is 3.47. The molecule has 4 fully saturated rings. The molecule has 444 valence electrons. The van der Waals surface area contributed by atoms with Crippen molar-refractivity contribution in [2.24, 2.45) is 24.6 Å². The van der Waals surface area contributed by atoms with Crippen molar-refractivity contribution in [2.75, 3.05) is 18.8 Å². The summed E-state index contributed by atoms with van der Waals surface area (Å²) in [6, 6.07) is 12.0. The SMILES string of the molecule is CCS(=O)(=O)c1ccc(CNC(O)[C@H](CCC(N)=O)NC(=O)[C@@H]2CC[C@@H]3CCN(C(=O)CC4CCC(Cc5ccc6c(c5)n(C)c(=O)n6C5CCC(=O)NC5=O)CC4)C[C@H](NC(=O)c4cc5cc(C(=O)P(=O)(O)O)ccc5[nH]4)C(=O)N32)cc1. The maximum atomic E-state index is 15.1. The number of hydrogen-bond donors (Lipinski definition) is 9. The number of H-pyrrole nitrogens is 1. The maximum Gasteiger partial charge on any atom is 0.396 e. The molecule has 25 nitrogen and oxygen atoms in total. The minimum absolute atomic E-state index is 0.0149. The van der Waals surface area contributed by atoms with Gasteiger partial charge in [-0.05, 0) is 136 Å². The molecule has 1 saturated carbocycles. The number of aryl methyl sites for hydroxylation is 1. The Morgan fingerprint density at radius 1 is 0.855 bits per heavy atom. The highest BCUT2D eigenvalue weighted by molar-refractivity contribution is 7.91. The van der Waals surface area contributed by atoms with Crippen LogP contribution in [0.1, 0.15) is 122 Å². The number of nitrogens with two attached hydrogens (primary N) is 1. The average molecular weight is 1190 g/mol. The number of sulfone groups is 1. The van der Waals surface area contributed by atoms with E-state index >= 15 is 4.79 Å². The lowest BCUT2D eigenvalue weighted by molar-refractivity contribution is -0.146. The molecule has 2 unspecified atom stereocenters. The van der Waals surface area contributed by atoms with Gasteiger partial charge in [0.2, 0.25) is 35.4 Å². The van der Waals surface area contributed by atoms with E-state index in [0.717, 1.165) is 37.7 Å². The van der Waals surface area contributed by atoms with Crippen molar-refractivity contribution in [3.8, 4) is 0 Å². The molecule has 27 heteroatoms. The summed E-state index contributed by atoms with van der Waals surface area (Å²) in [6.45, 7) is 1.50. The fourth-order valence-electron chi connectivity index (χ4n) is 12.1. The molecular weight excluding hydrogens is 1120 g/mol. The normalized spacial score (nSPS) is 22.3. The van der Waals surface area contributed by atoms with Crippen LogP contribution in [0.15, 0.2) is 76.4 Å². The first-order valence-electron chi connectivity index (χ1n) is 27.9. The van der Waals surface area contributed by atoms with Gasteiger partial charge in [0.05, 0.1) is 27.7 Å². The summed E-state index contributed by atoms with van der Waals surface area (Å²) in [4.78, 5) is 146. The van der Waals surface area contributed by atoms with Crippen molar-refractivity contribution in [2.45, 2.75) is 138 Å². The van der Waals surface area contributed by atoms with Crippen LogP contribution in [0.4, 0.5) is 0 Å². The van der Waals surface area contributed by atoms with E-state index in [9.17, 15) is 66.2 Å². The van der Waals surface area contributed by atoms with Gasteiger partial charge in [0.15, 0.2) is 9.84 Å². The largest absolute Gasteiger partial charge is 0.396 e. The number of nitrogens with one attached hydrogen (secondary N) is 5. The summed E-state index contributed by atoms with van der Waals surface area (Å²) in [5, 5.41) is 22.5. The molecule has 0 bridgehead atoms. The molecule has 3 aromatic carbocycles. The number of piperidine rings is 1. The molecule has 6 atom stereocenters. The van der Waals surface area contributed by atoms with Crippen LogP contribution in [0, 0.1) is 11.8 Å². The number of aromatic nitrogens is 3. The first kappa shape index (κ1) is 60.2. The molecular formula is C56H69N10O15PS. The van der Waals surface area contributed by atoms with Crippen molar-refractivity contribution in [3.63, 3.8) is 0 Å². The number of carbonyl (C=O) groups excluding carboxylic acids is 8. The second-order valence-electron chi connectivity index (χ2n) is 22.3. The van der Waals surface area contributed by atoms with Crippen LogP contribution in [-0.4, -0.2) is 143 Å². The van der Waals surface area contributed by atoms with Crippen LogP contribution in [0.25, 0.3) is 21.9 Å². The second kappa shape index (κ2) is 24.9. The number of hydrogen-bond acceptors (Lipinski definition) is 14. The molecule has 0 radical (unpaired) electrons. The van der Waals surface area contributed by atoms with Crippen LogP contribution >= 0.6 is 7.60 Å². The van der Waals surface area contributed by atoms with E-state index in [1.165, 1.54) is 57.4 Å². The minimum atomic E-state index is -5.13. The number of fused-ring (bicyclic) bond motifs is 3. The zero-order chi connectivity index (χ0) is 59.7. The van der Waals surface area contributed by atoms with E-state index in [1.54, 1.807) is 24.1 Å². The average Bonchev–Trinajstić information content (AvgIpc) is 3.02. The van der Waals surface area contributed by atoms with Gasteiger partial charge in [0.25, 0.3) is 11.4 Å². The third-order valence-electron chi connectivity index (χ3n) is 16.7. The van der Waals surface area contributed by atoms with Crippen LogP contribution in [-0.2, 0) is 63.2 Å². The Balaban J connectivity index is 0.887. The maximum absolute atomic E-state index is 15.1. The predicted molar refractivity (Wildman–Crippen MR) is 301 cm³/mol. The Bertz CT molecular complexity index is 3600. The number of imide groups is 1. The number of aliphatic hydroxyl groups is 1. The lowest BCUT2D eigenvalue weighted by Gasteiger charge is -2.39. The standard InChI is InChI=1S/C56H69N10O15PS/c1-3-83(80,81)38-13-8-33(9-14-38)29-58-50(70)40(16-20-47(57)67)60-52(72)44-18-12-37-22-23-64(30-42(54(74)65(37)44)61-51(71)41-28-36-27-35(11-15-39(36)59-41)55(75)82(77,78)79)49(69)26-32-6-4-31(5-7-32)24-34-10-17-43-46(25-34)63(2)56(76)66(43)45-19-21-48(68)62-53(45)73/h8-11,13-15,17,25,27-28,31-32,37,40,42,44-45,50,58-59,70H,3-7,12,16,18-24,26,29-30H2,1-2H3,(H2,57,67)(H,60,72)(H,61,71)(H,62,68,73)(H2,77,78,79)/t31?,32?,37-,40+,42+,44+,45?,50?/m1/s1. The fourth-order valence-corrected chi connectivity index (χ4v) is 13.5. The molecule has 5 aromatic rings. The second-order valence-corrected chi connectivity index (χ2v) is 26.0. The fraction of sp³-hybridized carbons (Fsp3) is 0.482. The lowest BCUT2D eigenvalue weighted by atomic mass is 9.78. The quantitative estimate of drug-likeness (QED) is 0.0305. The molecule has 1 aliphatic carbocycles. The number of primary amides is 1. The Morgan fingerprint density at radius 2 is 1.57 bits per heavy atom. The van der Waals surface area contributed by atoms with Crippen molar-refractivity contribution in [1.82, 2.24) is 45.2 Å². The molecule has 0 spiro atoms. The molecule has 9 rings (SSSR count). The molecule has 5 heterocycles. The van der Waals surface area contributed by atoms with Gasteiger partial charge in [-0.25, -0.2) is 13.2 Å². The smallest absolute Gasteiger partial charge is 0.376 e. The van der Waals surface area contributed by atoms with Crippen LogP contribution in [0.5, 0.6) is 0 Å². The molecule has 3 saturated heterocycles. The molecule has 2 aromatic heterocycles.